The first-order valence-corrected chi connectivity index (χ1v) is 7.33. The molecule has 9 heteroatoms. The Bertz CT molecular complexity index is 805. The van der Waals surface area contributed by atoms with Gasteiger partial charge in [-0.05, 0) is 37.3 Å². The van der Waals surface area contributed by atoms with Crippen LogP contribution < -0.4 is 5.32 Å². The number of amides is 1. The second-order valence-corrected chi connectivity index (χ2v) is 5.34. The quantitative estimate of drug-likeness (QED) is 0.240. The maximum absolute atomic E-state index is 12.1. The predicted molar refractivity (Wildman–Crippen MR) is 93.2 cm³/mol. The van der Waals surface area contributed by atoms with Crippen molar-refractivity contribution in [1.29, 1.82) is 0 Å². The van der Waals surface area contributed by atoms with E-state index in [1.54, 1.807) is 12.1 Å². The standard InChI is InChI=1S/C17H18N2O7/c1-10(19(25)26)13(8-15(21)11(2)20)9-16(22)18-14-5-3-4-12(6-14)7-17(23)24/h3-6,8,20-21H,1,7,9H2,2H3,(H,18,22)(H,23,24)/b13-8-,15-11-. The lowest BCUT2D eigenvalue weighted by molar-refractivity contribution is -0.420. The van der Waals surface area contributed by atoms with Gasteiger partial charge in [0.25, 0.3) is 5.70 Å². The van der Waals surface area contributed by atoms with Gasteiger partial charge in [-0.3, -0.25) is 19.7 Å². The number of nitrogens with one attached hydrogen (secondary N) is 1. The van der Waals surface area contributed by atoms with Crippen LogP contribution in [0.5, 0.6) is 0 Å². The summed E-state index contributed by atoms with van der Waals surface area (Å²) in [6.07, 6.45) is 0.183. The van der Waals surface area contributed by atoms with E-state index in [1.165, 1.54) is 19.1 Å². The van der Waals surface area contributed by atoms with Crippen molar-refractivity contribution in [2.75, 3.05) is 5.32 Å². The van der Waals surface area contributed by atoms with E-state index in [-0.39, 0.29) is 12.0 Å². The number of hydrogen-bond donors (Lipinski definition) is 4. The van der Waals surface area contributed by atoms with Crippen molar-refractivity contribution < 1.29 is 29.8 Å². The van der Waals surface area contributed by atoms with Crippen molar-refractivity contribution in [2.45, 2.75) is 19.8 Å². The molecule has 0 saturated heterocycles. The van der Waals surface area contributed by atoms with Crippen LogP contribution in [0.25, 0.3) is 0 Å². The Balaban J connectivity index is 2.97. The number of carbonyl (C=O) groups is 2. The molecule has 0 saturated carbocycles. The third kappa shape index (κ3) is 6.48. The Hall–Kier alpha value is -3.62. The van der Waals surface area contributed by atoms with Gasteiger partial charge in [0.1, 0.15) is 5.76 Å². The highest BCUT2D eigenvalue weighted by molar-refractivity contribution is 5.93. The Morgan fingerprint density at radius 3 is 2.50 bits per heavy atom. The first-order valence-electron chi connectivity index (χ1n) is 7.33. The van der Waals surface area contributed by atoms with Gasteiger partial charge < -0.3 is 20.6 Å². The lowest BCUT2D eigenvalue weighted by atomic mass is 10.1. The first-order chi connectivity index (χ1) is 12.1. The van der Waals surface area contributed by atoms with E-state index < -0.39 is 40.4 Å². The Morgan fingerprint density at radius 2 is 1.96 bits per heavy atom. The predicted octanol–water partition coefficient (Wildman–Crippen LogP) is 2.71. The average molecular weight is 362 g/mol. The minimum absolute atomic E-state index is 0.194. The Morgan fingerprint density at radius 1 is 1.31 bits per heavy atom. The molecule has 0 bridgehead atoms. The van der Waals surface area contributed by atoms with Crippen LogP contribution in [0.4, 0.5) is 5.69 Å². The summed E-state index contributed by atoms with van der Waals surface area (Å²) in [6.45, 7) is 4.42. The number of nitrogens with zero attached hydrogens (tertiary/aromatic N) is 1. The fraction of sp³-hybridized carbons (Fsp3) is 0.176. The van der Waals surface area contributed by atoms with Gasteiger partial charge in [-0.15, -0.1) is 0 Å². The summed E-state index contributed by atoms with van der Waals surface area (Å²) in [7, 11) is 0. The minimum atomic E-state index is -1.03. The molecule has 138 valence electrons. The van der Waals surface area contributed by atoms with E-state index >= 15 is 0 Å². The number of carboxylic acid groups (broad SMARTS) is 1. The van der Waals surface area contributed by atoms with Gasteiger partial charge in [0.2, 0.25) is 5.91 Å². The smallest absolute Gasteiger partial charge is 0.307 e. The van der Waals surface area contributed by atoms with Crippen LogP contribution in [0, 0.1) is 10.1 Å². The van der Waals surface area contributed by atoms with Gasteiger partial charge in [-0.25, -0.2) is 0 Å². The number of aliphatic carboxylic acids is 1. The van der Waals surface area contributed by atoms with E-state index in [9.17, 15) is 29.9 Å². The minimum Gasteiger partial charge on any atom is -0.509 e. The van der Waals surface area contributed by atoms with Gasteiger partial charge in [0, 0.05) is 11.3 Å². The van der Waals surface area contributed by atoms with E-state index in [1.807, 2.05) is 0 Å². The molecule has 4 N–H and O–H groups in total. The zero-order valence-corrected chi connectivity index (χ0v) is 13.9. The van der Waals surface area contributed by atoms with Crippen LogP contribution in [-0.2, 0) is 16.0 Å². The average Bonchev–Trinajstić information content (AvgIpc) is 2.52. The molecule has 0 aliphatic heterocycles. The van der Waals surface area contributed by atoms with E-state index in [2.05, 4.69) is 11.9 Å². The van der Waals surface area contributed by atoms with Crippen molar-refractivity contribution in [1.82, 2.24) is 0 Å². The number of allylic oxidation sites excluding steroid dienone is 3. The van der Waals surface area contributed by atoms with Crippen LogP contribution in [0.1, 0.15) is 18.9 Å². The second-order valence-electron chi connectivity index (χ2n) is 5.34. The van der Waals surface area contributed by atoms with Gasteiger partial charge in [-0.1, -0.05) is 12.1 Å². The van der Waals surface area contributed by atoms with Crippen LogP contribution in [0.15, 0.2) is 59.7 Å². The van der Waals surface area contributed by atoms with E-state index in [0.29, 0.717) is 11.3 Å². The Labute approximate surface area is 148 Å². The fourth-order valence-electron chi connectivity index (χ4n) is 1.93. The second kappa shape index (κ2) is 9.02. The molecule has 0 atom stereocenters. The zero-order valence-electron chi connectivity index (χ0n) is 13.9. The van der Waals surface area contributed by atoms with Gasteiger partial charge in [0.15, 0.2) is 5.76 Å². The third-order valence-electron chi connectivity index (χ3n) is 3.19. The summed E-state index contributed by atoms with van der Waals surface area (Å²) in [5, 5.41) is 40.9. The van der Waals surface area contributed by atoms with Gasteiger partial charge in [-0.2, -0.15) is 0 Å². The van der Waals surface area contributed by atoms with Crippen molar-refractivity contribution in [3.63, 3.8) is 0 Å². The number of hydrogen-bond acceptors (Lipinski definition) is 6. The molecular weight excluding hydrogens is 344 g/mol. The molecule has 0 heterocycles. The SMILES string of the molecule is C=C(/C(=C\C(O)=C(/C)O)CC(=O)Nc1cccc(CC(=O)O)c1)[N+](=O)[O-]. The highest BCUT2D eigenvalue weighted by Crippen LogP contribution is 2.18. The number of rotatable bonds is 8. The molecule has 9 nitrogen and oxygen atoms in total. The molecule has 1 aromatic carbocycles. The van der Waals surface area contributed by atoms with Crippen molar-refractivity contribution in [3.05, 3.63) is 75.4 Å². The number of benzene rings is 1. The molecule has 0 aliphatic rings. The molecule has 0 spiro atoms. The number of carbonyl (C=O) groups excluding carboxylic acids is 1. The van der Waals surface area contributed by atoms with E-state index in [0.717, 1.165) is 6.08 Å². The number of anilines is 1. The zero-order chi connectivity index (χ0) is 19.9. The molecule has 1 aromatic rings. The van der Waals surface area contributed by atoms with Crippen molar-refractivity contribution in [3.8, 4) is 0 Å². The molecule has 0 fully saturated rings. The van der Waals surface area contributed by atoms with Crippen LogP contribution in [0.3, 0.4) is 0 Å². The summed E-state index contributed by atoms with van der Waals surface area (Å²) in [5.41, 5.74) is -0.0113. The van der Waals surface area contributed by atoms with Gasteiger partial charge in [0.05, 0.1) is 17.8 Å². The molecule has 0 aliphatic carbocycles. The first kappa shape index (κ1) is 20.4. The molecule has 1 rings (SSSR count). The molecule has 0 radical (unpaired) electrons. The van der Waals surface area contributed by atoms with Crippen LogP contribution >= 0.6 is 0 Å². The third-order valence-corrected chi connectivity index (χ3v) is 3.19. The molecule has 0 aromatic heterocycles. The summed E-state index contributed by atoms with van der Waals surface area (Å²) in [6, 6.07) is 6.14. The lowest BCUT2D eigenvalue weighted by Crippen LogP contribution is -2.15. The number of nitro groups is 1. The number of aliphatic hydroxyl groups is 2. The van der Waals surface area contributed by atoms with E-state index in [4.69, 9.17) is 5.11 Å². The van der Waals surface area contributed by atoms with Crippen molar-refractivity contribution in [2.24, 2.45) is 0 Å². The highest BCUT2D eigenvalue weighted by atomic mass is 16.6. The molecule has 0 unspecified atom stereocenters. The normalized spacial score (nSPS) is 12.1. The fourth-order valence-corrected chi connectivity index (χ4v) is 1.93. The maximum Gasteiger partial charge on any atom is 0.307 e. The molecular formula is C17H18N2O7. The lowest BCUT2D eigenvalue weighted by Gasteiger charge is -2.08. The van der Waals surface area contributed by atoms with Gasteiger partial charge >= 0.3 is 5.97 Å². The Kier molecular flexibility index (Phi) is 7.08. The number of carboxylic acids is 1. The largest absolute Gasteiger partial charge is 0.509 e. The molecule has 26 heavy (non-hydrogen) atoms. The molecule has 1 amide bonds. The van der Waals surface area contributed by atoms with Crippen molar-refractivity contribution >= 4 is 17.6 Å². The maximum atomic E-state index is 12.1. The summed E-state index contributed by atoms with van der Waals surface area (Å²) >= 11 is 0. The summed E-state index contributed by atoms with van der Waals surface area (Å²) < 4.78 is 0. The summed E-state index contributed by atoms with van der Waals surface area (Å²) in [4.78, 5) is 33.0. The van der Waals surface area contributed by atoms with Crippen LogP contribution in [-0.4, -0.2) is 32.1 Å². The summed E-state index contributed by atoms with van der Waals surface area (Å²) in [5.74, 6) is -2.77. The van der Waals surface area contributed by atoms with Crippen LogP contribution in [0.2, 0.25) is 0 Å². The monoisotopic (exact) mass is 362 g/mol. The highest BCUT2D eigenvalue weighted by Gasteiger charge is 2.19. The topological polar surface area (TPSA) is 150 Å². The number of aliphatic hydroxyl groups excluding tert-OH is 2.